The lowest BCUT2D eigenvalue weighted by Crippen LogP contribution is -2.25. The van der Waals surface area contributed by atoms with Gasteiger partial charge in [0, 0.05) is 10.6 Å². The number of aryl methyl sites for hydroxylation is 1. The van der Waals surface area contributed by atoms with Crippen LogP contribution in [0.1, 0.15) is 66.2 Å². The van der Waals surface area contributed by atoms with Gasteiger partial charge >= 0.3 is 0 Å². The van der Waals surface area contributed by atoms with Crippen LogP contribution in [0.15, 0.2) is 39.6 Å². The quantitative estimate of drug-likeness (QED) is 0.447. The molecule has 1 fully saturated rings. The van der Waals surface area contributed by atoms with Crippen LogP contribution in [0.5, 0.6) is 0 Å². The van der Waals surface area contributed by atoms with E-state index in [0.717, 1.165) is 24.4 Å². The maximum atomic E-state index is 5.48. The van der Waals surface area contributed by atoms with Gasteiger partial charge in [-0.3, -0.25) is 4.99 Å². The number of nitrogens with one attached hydrogen (secondary N) is 1. The fourth-order valence-corrected chi connectivity index (χ4v) is 4.31. The van der Waals surface area contributed by atoms with Gasteiger partial charge in [0.1, 0.15) is 11.6 Å². The second-order valence-corrected chi connectivity index (χ2v) is 8.15. The molecule has 0 atom stereocenters. The lowest BCUT2D eigenvalue weighted by atomic mass is 10.1. The molecule has 0 aromatic carbocycles. The Morgan fingerprint density at radius 2 is 2.12 bits per heavy atom. The molecule has 3 nitrogen and oxygen atoms in total. The summed E-state index contributed by atoms with van der Waals surface area (Å²) >= 11 is 1.88. The van der Waals surface area contributed by atoms with Gasteiger partial charge in [-0.05, 0) is 68.7 Å². The first-order valence-corrected chi connectivity index (χ1v) is 10.6. The van der Waals surface area contributed by atoms with Gasteiger partial charge in [-0.2, -0.15) is 0 Å². The fraction of sp³-hybridized carbons (Fsp3) is 0.500. The molecule has 26 heavy (non-hydrogen) atoms. The highest BCUT2D eigenvalue weighted by Gasteiger charge is 2.27. The average molecular weight is 371 g/mol. The van der Waals surface area contributed by atoms with E-state index in [1.165, 1.54) is 45.8 Å². The Balaban J connectivity index is 1.92. The summed E-state index contributed by atoms with van der Waals surface area (Å²) in [5, 5.41) is 3.71. The number of nitrogens with zero attached hydrogens (tertiary/aromatic N) is 1. The Labute approximate surface area is 161 Å². The van der Waals surface area contributed by atoms with Crippen molar-refractivity contribution in [1.82, 2.24) is 5.32 Å². The smallest absolute Gasteiger partial charge is 0.143 e. The van der Waals surface area contributed by atoms with E-state index >= 15 is 0 Å². The molecule has 1 aliphatic rings. The Kier molecular flexibility index (Phi) is 6.36. The van der Waals surface area contributed by atoms with Crippen molar-refractivity contribution in [3.05, 3.63) is 56.8 Å². The van der Waals surface area contributed by atoms with Gasteiger partial charge in [0.25, 0.3) is 0 Å². The average Bonchev–Trinajstić information content (AvgIpc) is 3.28. The predicted molar refractivity (Wildman–Crippen MR) is 111 cm³/mol. The van der Waals surface area contributed by atoms with Crippen molar-refractivity contribution in [3.8, 4) is 0 Å². The van der Waals surface area contributed by atoms with E-state index in [1.54, 1.807) is 6.26 Å². The second kappa shape index (κ2) is 8.72. The van der Waals surface area contributed by atoms with Crippen LogP contribution >= 0.6 is 11.3 Å². The summed E-state index contributed by atoms with van der Waals surface area (Å²) in [6.07, 6.45) is 10.0. The molecule has 140 valence electrons. The van der Waals surface area contributed by atoms with E-state index in [1.807, 2.05) is 23.5 Å². The highest BCUT2D eigenvalue weighted by atomic mass is 32.1. The molecule has 1 saturated carbocycles. The maximum absolute atomic E-state index is 5.48. The van der Waals surface area contributed by atoms with Crippen molar-refractivity contribution in [3.63, 3.8) is 0 Å². The predicted octanol–water partition coefficient (Wildman–Crippen LogP) is 6.15. The molecule has 4 heteroatoms. The Hall–Kier alpha value is -1.81. The molecule has 3 rings (SSSR count). The number of hydrogen-bond donors (Lipinski definition) is 1. The van der Waals surface area contributed by atoms with Crippen molar-refractivity contribution < 1.29 is 4.42 Å². The van der Waals surface area contributed by atoms with Gasteiger partial charge in [-0.25, -0.2) is 0 Å². The third kappa shape index (κ3) is 4.47. The maximum Gasteiger partial charge on any atom is 0.143 e. The van der Waals surface area contributed by atoms with Crippen LogP contribution in [-0.2, 0) is 13.0 Å². The van der Waals surface area contributed by atoms with Gasteiger partial charge in [0.2, 0.25) is 0 Å². The molecule has 0 saturated heterocycles. The van der Waals surface area contributed by atoms with Gasteiger partial charge in [-0.15, -0.1) is 11.3 Å². The first-order valence-electron chi connectivity index (χ1n) is 9.77. The molecular weight excluding hydrogens is 340 g/mol. The van der Waals surface area contributed by atoms with E-state index in [0.29, 0.717) is 12.5 Å². The number of furan rings is 1. The Morgan fingerprint density at radius 3 is 2.69 bits per heavy atom. The van der Waals surface area contributed by atoms with E-state index < -0.39 is 0 Å². The topological polar surface area (TPSA) is 37.5 Å². The zero-order valence-corrected chi connectivity index (χ0v) is 17.2. The summed E-state index contributed by atoms with van der Waals surface area (Å²) in [6.45, 7) is 9.47. The molecule has 0 bridgehead atoms. The molecule has 2 aromatic heterocycles. The molecular formula is C22H30N2OS. The molecule has 0 aliphatic heterocycles. The zero-order chi connectivity index (χ0) is 18.5. The SMILES string of the molecule is CCC/C=C(/NC(=NCc1ccco1)c1sc(CC)c(C)c1C)C1CC1. The van der Waals surface area contributed by atoms with Crippen molar-refractivity contribution in [2.24, 2.45) is 10.9 Å². The lowest BCUT2D eigenvalue weighted by Gasteiger charge is -2.13. The number of amidine groups is 1. The highest BCUT2D eigenvalue weighted by Crippen LogP contribution is 2.36. The summed E-state index contributed by atoms with van der Waals surface area (Å²) in [4.78, 5) is 7.65. The van der Waals surface area contributed by atoms with Gasteiger partial charge in [0.05, 0.1) is 17.7 Å². The van der Waals surface area contributed by atoms with Crippen LogP contribution in [0.2, 0.25) is 0 Å². The van der Waals surface area contributed by atoms with Crippen LogP contribution in [0.25, 0.3) is 0 Å². The molecule has 1 N–H and O–H groups in total. The molecule has 2 aromatic rings. The van der Waals surface area contributed by atoms with E-state index in [4.69, 9.17) is 9.41 Å². The fourth-order valence-electron chi connectivity index (χ4n) is 3.10. The first-order chi connectivity index (χ1) is 12.6. The summed E-state index contributed by atoms with van der Waals surface area (Å²) in [5.41, 5.74) is 4.11. The first kappa shape index (κ1) is 19.0. The molecule has 2 heterocycles. The highest BCUT2D eigenvalue weighted by molar-refractivity contribution is 7.14. The van der Waals surface area contributed by atoms with Gasteiger partial charge in [0.15, 0.2) is 0 Å². The van der Waals surface area contributed by atoms with Crippen molar-refractivity contribution >= 4 is 17.2 Å². The summed E-state index contributed by atoms with van der Waals surface area (Å²) < 4.78 is 5.48. The summed E-state index contributed by atoms with van der Waals surface area (Å²) in [6, 6.07) is 3.91. The van der Waals surface area contributed by atoms with Crippen molar-refractivity contribution in [2.75, 3.05) is 0 Å². The minimum absolute atomic E-state index is 0.568. The normalized spacial score (nSPS) is 15.5. The van der Waals surface area contributed by atoms with Crippen LogP contribution in [-0.4, -0.2) is 5.84 Å². The molecule has 0 radical (unpaired) electrons. The largest absolute Gasteiger partial charge is 0.467 e. The number of thiophene rings is 1. The minimum Gasteiger partial charge on any atom is -0.467 e. The van der Waals surface area contributed by atoms with Crippen molar-refractivity contribution in [2.45, 2.75) is 66.3 Å². The van der Waals surface area contributed by atoms with Crippen LogP contribution in [0.3, 0.4) is 0 Å². The number of unbranched alkanes of at least 4 members (excludes halogenated alkanes) is 1. The molecule has 0 amide bonds. The standard InChI is InChI=1S/C22H30N2OS/c1-5-7-10-19(17-11-12-17)24-22(23-14-18-9-8-13-25-18)21-16(4)15(3)20(6-2)26-21/h8-10,13,17H,5-7,11-12,14H2,1-4H3,(H,23,24)/b19-10+. The van der Waals surface area contributed by atoms with E-state index in [9.17, 15) is 0 Å². The van der Waals surface area contributed by atoms with Gasteiger partial charge < -0.3 is 9.73 Å². The monoisotopic (exact) mass is 370 g/mol. The van der Waals surface area contributed by atoms with Gasteiger partial charge in [-0.1, -0.05) is 26.3 Å². The van der Waals surface area contributed by atoms with E-state index in [2.05, 4.69) is 39.1 Å². The Morgan fingerprint density at radius 1 is 1.31 bits per heavy atom. The second-order valence-electron chi connectivity index (χ2n) is 7.05. The van der Waals surface area contributed by atoms with Crippen LogP contribution < -0.4 is 5.32 Å². The summed E-state index contributed by atoms with van der Waals surface area (Å²) in [5.74, 6) is 2.58. The minimum atomic E-state index is 0.568. The number of allylic oxidation sites excluding steroid dienone is 2. The molecule has 0 unspecified atom stereocenters. The molecule has 1 aliphatic carbocycles. The van der Waals surface area contributed by atoms with E-state index in [-0.39, 0.29) is 0 Å². The number of hydrogen-bond acceptors (Lipinski definition) is 3. The number of rotatable bonds is 8. The third-order valence-electron chi connectivity index (χ3n) is 4.99. The van der Waals surface area contributed by atoms with Crippen LogP contribution in [0, 0.1) is 19.8 Å². The zero-order valence-electron chi connectivity index (χ0n) is 16.4. The Bertz CT molecular complexity index is 779. The summed E-state index contributed by atoms with van der Waals surface area (Å²) in [7, 11) is 0. The third-order valence-corrected chi connectivity index (χ3v) is 6.53. The van der Waals surface area contributed by atoms with Crippen LogP contribution in [0.4, 0.5) is 0 Å². The van der Waals surface area contributed by atoms with Crippen molar-refractivity contribution in [1.29, 1.82) is 0 Å². The number of aliphatic imine (C=N–C) groups is 1. The molecule has 0 spiro atoms. The lowest BCUT2D eigenvalue weighted by molar-refractivity contribution is 0.512.